The number of rotatable bonds is 4. The number of benzene rings is 1. The number of hydrazine groups is 1. The predicted molar refractivity (Wildman–Crippen MR) is 113 cm³/mol. The van der Waals surface area contributed by atoms with Gasteiger partial charge >= 0.3 is 6.18 Å². The summed E-state index contributed by atoms with van der Waals surface area (Å²) in [5, 5.41) is 7.78. The van der Waals surface area contributed by atoms with Gasteiger partial charge in [0.05, 0.1) is 46.0 Å². The monoisotopic (exact) mass is 461 g/mol. The van der Waals surface area contributed by atoms with E-state index in [0.717, 1.165) is 12.1 Å². The summed E-state index contributed by atoms with van der Waals surface area (Å²) in [6, 6.07) is 4.55. The zero-order chi connectivity index (χ0) is 24.1. The van der Waals surface area contributed by atoms with Crippen LogP contribution >= 0.6 is 0 Å². The van der Waals surface area contributed by atoms with E-state index in [0.29, 0.717) is 22.5 Å². The summed E-state index contributed by atoms with van der Waals surface area (Å²) in [6.45, 7) is -0.164. The number of carbonyl (C=O) groups is 1. The standard InChI is InChI=1S/C21H19F4N7O/c1-30(2)32(10-12-5-4-11(8-27-12)21(23,24)25)20(33)13-6-14-17(7-16(13)22)29-19(26)15-9-28-31(3)18(14)15/h4-9H,10H2,1-3H3,(H2,26,29). The van der Waals surface area contributed by atoms with Crippen molar-refractivity contribution in [2.75, 3.05) is 19.8 Å². The second-order valence-electron chi connectivity index (χ2n) is 7.62. The molecule has 12 heteroatoms. The number of halogens is 4. The maximum Gasteiger partial charge on any atom is 0.417 e. The van der Waals surface area contributed by atoms with E-state index in [1.165, 1.54) is 28.3 Å². The normalized spacial score (nSPS) is 12.1. The predicted octanol–water partition coefficient (Wildman–Crippen LogP) is 3.38. The number of amides is 1. The molecule has 3 aromatic heterocycles. The Hall–Kier alpha value is -3.80. The first-order valence-corrected chi connectivity index (χ1v) is 9.69. The van der Waals surface area contributed by atoms with Crippen LogP contribution in [-0.2, 0) is 19.8 Å². The molecule has 0 aliphatic rings. The van der Waals surface area contributed by atoms with Crippen LogP contribution in [0.5, 0.6) is 0 Å². The zero-order valence-corrected chi connectivity index (χ0v) is 17.9. The molecule has 0 saturated carbocycles. The molecule has 3 heterocycles. The summed E-state index contributed by atoms with van der Waals surface area (Å²) in [5.74, 6) is -1.33. The fourth-order valence-corrected chi connectivity index (χ4v) is 3.52. The molecule has 4 aromatic rings. The Morgan fingerprint density at radius 1 is 1.15 bits per heavy atom. The van der Waals surface area contributed by atoms with Crippen LogP contribution in [-0.4, -0.2) is 49.8 Å². The highest BCUT2D eigenvalue weighted by atomic mass is 19.4. The summed E-state index contributed by atoms with van der Waals surface area (Å²) in [4.78, 5) is 21.3. The van der Waals surface area contributed by atoms with Crippen molar-refractivity contribution >= 4 is 33.5 Å². The van der Waals surface area contributed by atoms with Crippen molar-refractivity contribution in [1.29, 1.82) is 0 Å². The number of hydrogen-bond acceptors (Lipinski definition) is 6. The third-order valence-electron chi connectivity index (χ3n) is 5.21. The van der Waals surface area contributed by atoms with Gasteiger partial charge in [-0.3, -0.25) is 19.5 Å². The zero-order valence-electron chi connectivity index (χ0n) is 17.9. The van der Waals surface area contributed by atoms with Gasteiger partial charge in [-0.1, -0.05) is 0 Å². The van der Waals surface area contributed by atoms with E-state index >= 15 is 0 Å². The fraction of sp³-hybridized carbons (Fsp3) is 0.238. The molecule has 2 N–H and O–H groups in total. The lowest BCUT2D eigenvalue weighted by Gasteiger charge is -2.29. The van der Waals surface area contributed by atoms with Crippen LogP contribution in [0.25, 0.3) is 21.8 Å². The molecule has 0 bridgehead atoms. The molecule has 4 rings (SSSR count). The summed E-state index contributed by atoms with van der Waals surface area (Å²) < 4.78 is 54.9. The average molecular weight is 461 g/mol. The third kappa shape index (κ3) is 4.04. The van der Waals surface area contributed by atoms with Crippen molar-refractivity contribution in [3.63, 3.8) is 0 Å². The highest BCUT2D eigenvalue weighted by Crippen LogP contribution is 2.30. The Morgan fingerprint density at radius 3 is 2.48 bits per heavy atom. The van der Waals surface area contributed by atoms with Crippen molar-refractivity contribution in [1.82, 2.24) is 29.8 Å². The minimum absolute atomic E-state index is 0.164. The smallest absolute Gasteiger partial charge is 0.383 e. The van der Waals surface area contributed by atoms with E-state index in [2.05, 4.69) is 15.1 Å². The number of aryl methyl sites for hydroxylation is 1. The van der Waals surface area contributed by atoms with Gasteiger partial charge in [-0.15, -0.1) is 0 Å². The second-order valence-corrected chi connectivity index (χ2v) is 7.62. The molecule has 0 spiro atoms. The number of anilines is 1. The largest absolute Gasteiger partial charge is 0.417 e. The van der Waals surface area contributed by atoms with E-state index in [-0.39, 0.29) is 29.1 Å². The molecular formula is C21H19F4N7O. The van der Waals surface area contributed by atoms with Crippen LogP contribution in [0.15, 0.2) is 36.7 Å². The summed E-state index contributed by atoms with van der Waals surface area (Å²) >= 11 is 0. The van der Waals surface area contributed by atoms with Crippen molar-refractivity contribution < 1.29 is 22.4 Å². The number of nitrogens with two attached hydrogens (primary N) is 1. The number of hydrogen-bond donors (Lipinski definition) is 1. The fourth-order valence-electron chi connectivity index (χ4n) is 3.52. The van der Waals surface area contributed by atoms with Gasteiger partial charge in [0.1, 0.15) is 11.6 Å². The quantitative estimate of drug-likeness (QED) is 0.370. The van der Waals surface area contributed by atoms with Gasteiger partial charge < -0.3 is 5.73 Å². The summed E-state index contributed by atoms with van der Waals surface area (Å²) in [7, 11) is 4.81. The molecule has 0 radical (unpaired) electrons. The maximum absolute atomic E-state index is 15.0. The molecule has 0 aliphatic carbocycles. The minimum atomic E-state index is -4.52. The molecule has 0 unspecified atom stereocenters. The number of carbonyl (C=O) groups excluding carboxylic acids is 1. The Balaban J connectivity index is 1.74. The van der Waals surface area contributed by atoms with Crippen LogP contribution < -0.4 is 5.73 Å². The first-order chi connectivity index (χ1) is 15.5. The molecular weight excluding hydrogens is 442 g/mol. The number of nitrogens with zero attached hydrogens (tertiary/aromatic N) is 6. The van der Waals surface area contributed by atoms with Gasteiger partial charge in [0.25, 0.3) is 5.91 Å². The van der Waals surface area contributed by atoms with Crippen LogP contribution in [0.1, 0.15) is 21.6 Å². The second kappa shape index (κ2) is 7.96. The molecule has 0 aliphatic heterocycles. The van der Waals surface area contributed by atoms with Crippen molar-refractivity contribution in [3.8, 4) is 0 Å². The summed E-state index contributed by atoms with van der Waals surface area (Å²) in [6.07, 6.45) is -2.30. The van der Waals surface area contributed by atoms with E-state index in [4.69, 9.17) is 5.73 Å². The molecule has 0 fully saturated rings. The number of pyridine rings is 2. The third-order valence-corrected chi connectivity index (χ3v) is 5.21. The van der Waals surface area contributed by atoms with Crippen molar-refractivity contribution in [2.45, 2.75) is 12.7 Å². The molecule has 1 aromatic carbocycles. The maximum atomic E-state index is 15.0. The Labute approximate surface area is 185 Å². The molecule has 8 nitrogen and oxygen atoms in total. The number of fused-ring (bicyclic) bond motifs is 3. The van der Waals surface area contributed by atoms with Crippen LogP contribution in [0.2, 0.25) is 0 Å². The minimum Gasteiger partial charge on any atom is -0.383 e. The van der Waals surface area contributed by atoms with Crippen LogP contribution in [0.3, 0.4) is 0 Å². The van der Waals surface area contributed by atoms with Gasteiger partial charge in [-0.05, 0) is 18.2 Å². The highest BCUT2D eigenvalue weighted by Gasteiger charge is 2.31. The van der Waals surface area contributed by atoms with Gasteiger partial charge in [0, 0.05) is 38.8 Å². The Bertz CT molecular complexity index is 1360. The van der Waals surface area contributed by atoms with E-state index in [9.17, 15) is 22.4 Å². The SMILES string of the molecule is CN(C)N(Cc1ccc(C(F)(F)F)cn1)C(=O)c1cc2c(cc1F)nc(N)c1cnn(C)c12. The first-order valence-electron chi connectivity index (χ1n) is 9.69. The van der Waals surface area contributed by atoms with E-state index < -0.39 is 23.5 Å². The van der Waals surface area contributed by atoms with Crippen molar-refractivity contribution in [2.24, 2.45) is 7.05 Å². The highest BCUT2D eigenvalue weighted by molar-refractivity contribution is 6.10. The Kier molecular flexibility index (Phi) is 5.40. The number of alkyl halides is 3. The van der Waals surface area contributed by atoms with E-state index in [1.807, 2.05) is 0 Å². The molecule has 33 heavy (non-hydrogen) atoms. The Morgan fingerprint density at radius 2 is 1.88 bits per heavy atom. The topological polar surface area (TPSA) is 93.2 Å². The average Bonchev–Trinajstić information content (AvgIpc) is 3.13. The van der Waals surface area contributed by atoms with Crippen LogP contribution in [0, 0.1) is 5.82 Å². The number of nitrogen functional groups attached to an aromatic ring is 1. The molecule has 172 valence electrons. The van der Waals surface area contributed by atoms with Gasteiger partial charge in [0.2, 0.25) is 0 Å². The lowest BCUT2D eigenvalue weighted by atomic mass is 10.1. The number of aromatic nitrogens is 4. The van der Waals surface area contributed by atoms with Gasteiger partial charge in [0.15, 0.2) is 0 Å². The molecule has 0 saturated heterocycles. The van der Waals surface area contributed by atoms with Crippen LogP contribution in [0.4, 0.5) is 23.4 Å². The van der Waals surface area contributed by atoms with Gasteiger partial charge in [-0.25, -0.2) is 14.4 Å². The molecule has 0 atom stereocenters. The van der Waals surface area contributed by atoms with E-state index in [1.54, 1.807) is 25.8 Å². The first kappa shape index (κ1) is 22.4. The van der Waals surface area contributed by atoms with Crippen molar-refractivity contribution in [3.05, 3.63) is 59.3 Å². The molecule has 1 amide bonds. The summed E-state index contributed by atoms with van der Waals surface area (Å²) in [5.41, 5.74) is 5.86. The van der Waals surface area contributed by atoms with Gasteiger partial charge in [-0.2, -0.15) is 18.3 Å². The lowest BCUT2D eigenvalue weighted by Crippen LogP contribution is -2.41. The lowest BCUT2D eigenvalue weighted by molar-refractivity contribution is -0.137.